The highest BCUT2D eigenvalue weighted by Gasteiger charge is 2.28. The van der Waals surface area contributed by atoms with E-state index in [-0.39, 0.29) is 10.8 Å². The summed E-state index contributed by atoms with van der Waals surface area (Å²) >= 11 is 7.02. The lowest BCUT2D eigenvalue weighted by Crippen LogP contribution is -2.46. The van der Waals surface area contributed by atoms with Gasteiger partial charge in [-0.05, 0) is 30.2 Å². The van der Waals surface area contributed by atoms with Crippen LogP contribution in [0.4, 0.5) is 5.13 Å². The van der Waals surface area contributed by atoms with E-state index < -0.39 is 22.0 Å². The van der Waals surface area contributed by atoms with Crippen molar-refractivity contribution in [1.29, 1.82) is 0 Å². The van der Waals surface area contributed by atoms with Crippen molar-refractivity contribution in [2.75, 3.05) is 5.32 Å². The summed E-state index contributed by atoms with van der Waals surface area (Å²) < 4.78 is 27.3. The Kier molecular flexibility index (Phi) is 5.74. The van der Waals surface area contributed by atoms with Gasteiger partial charge in [0.2, 0.25) is 15.9 Å². The SMILES string of the molecule is CC(C)[C@@H](NS(=O)(=O)c1ccc(Cl)cc1)C(=O)Nc1nccs1. The van der Waals surface area contributed by atoms with Gasteiger partial charge in [-0.1, -0.05) is 25.4 Å². The lowest BCUT2D eigenvalue weighted by atomic mass is 10.1. The zero-order chi connectivity index (χ0) is 17.0. The molecule has 0 spiro atoms. The maximum absolute atomic E-state index is 12.4. The van der Waals surface area contributed by atoms with Crippen molar-refractivity contribution in [3.05, 3.63) is 40.9 Å². The number of benzene rings is 1. The molecule has 0 unspecified atom stereocenters. The minimum absolute atomic E-state index is 0.0506. The summed E-state index contributed by atoms with van der Waals surface area (Å²) in [5, 5.41) is 5.19. The second kappa shape index (κ2) is 7.39. The fraction of sp³-hybridized carbons (Fsp3) is 0.286. The molecular weight excluding hydrogens is 358 g/mol. The molecule has 0 saturated carbocycles. The molecule has 1 heterocycles. The second-order valence-electron chi connectivity index (χ2n) is 5.12. The average molecular weight is 374 g/mol. The highest BCUT2D eigenvalue weighted by atomic mass is 35.5. The van der Waals surface area contributed by atoms with Crippen molar-refractivity contribution in [2.45, 2.75) is 24.8 Å². The van der Waals surface area contributed by atoms with E-state index in [1.165, 1.54) is 35.6 Å². The topological polar surface area (TPSA) is 88.2 Å². The van der Waals surface area contributed by atoms with E-state index >= 15 is 0 Å². The zero-order valence-corrected chi connectivity index (χ0v) is 14.9. The predicted molar refractivity (Wildman–Crippen MR) is 91.1 cm³/mol. The third-order valence-corrected chi connectivity index (χ3v) is 5.42. The van der Waals surface area contributed by atoms with Crippen molar-refractivity contribution in [3.63, 3.8) is 0 Å². The summed E-state index contributed by atoms with van der Waals surface area (Å²) in [4.78, 5) is 16.3. The van der Waals surface area contributed by atoms with Crippen molar-refractivity contribution >= 4 is 44.0 Å². The van der Waals surface area contributed by atoms with Gasteiger partial charge in [-0.15, -0.1) is 11.3 Å². The van der Waals surface area contributed by atoms with Crippen LogP contribution in [-0.4, -0.2) is 25.4 Å². The lowest BCUT2D eigenvalue weighted by Gasteiger charge is -2.21. The average Bonchev–Trinajstić information content (AvgIpc) is 2.98. The van der Waals surface area contributed by atoms with E-state index in [4.69, 9.17) is 11.6 Å². The summed E-state index contributed by atoms with van der Waals surface area (Å²) in [6.07, 6.45) is 1.56. The molecule has 2 aromatic rings. The van der Waals surface area contributed by atoms with Crippen LogP contribution in [0.15, 0.2) is 40.7 Å². The number of hydrogen-bond acceptors (Lipinski definition) is 5. The maximum Gasteiger partial charge on any atom is 0.244 e. The number of nitrogens with zero attached hydrogens (tertiary/aromatic N) is 1. The Morgan fingerprint density at radius 2 is 1.91 bits per heavy atom. The minimum atomic E-state index is -3.83. The zero-order valence-electron chi connectivity index (χ0n) is 12.5. The highest BCUT2D eigenvalue weighted by molar-refractivity contribution is 7.89. The first kappa shape index (κ1) is 17.9. The Labute approximate surface area is 143 Å². The molecular formula is C14H16ClN3O3S2. The van der Waals surface area contributed by atoms with Gasteiger partial charge in [0, 0.05) is 16.6 Å². The quantitative estimate of drug-likeness (QED) is 0.814. The molecule has 0 aliphatic heterocycles. The largest absolute Gasteiger partial charge is 0.301 e. The number of hydrogen-bond donors (Lipinski definition) is 2. The molecule has 2 N–H and O–H groups in total. The number of nitrogens with one attached hydrogen (secondary N) is 2. The smallest absolute Gasteiger partial charge is 0.244 e. The van der Waals surface area contributed by atoms with E-state index in [1.54, 1.807) is 25.4 Å². The molecule has 1 aromatic carbocycles. The van der Waals surface area contributed by atoms with Gasteiger partial charge in [-0.3, -0.25) is 4.79 Å². The number of rotatable bonds is 6. The molecule has 0 aliphatic carbocycles. The fourth-order valence-electron chi connectivity index (χ4n) is 1.81. The standard InChI is InChI=1S/C14H16ClN3O3S2/c1-9(2)12(13(19)17-14-16-7-8-22-14)18-23(20,21)11-5-3-10(15)4-6-11/h3-9,12,18H,1-2H3,(H,16,17,19)/t12-/m1/s1. The molecule has 0 fully saturated rings. The number of anilines is 1. The monoisotopic (exact) mass is 373 g/mol. The molecule has 1 atom stereocenters. The molecule has 0 saturated heterocycles. The van der Waals surface area contributed by atoms with Crippen molar-refractivity contribution in [2.24, 2.45) is 5.92 Å². The Morgan fingerprint density at radius 3 is 2.43 bits per heavy atom. The molecule has 0 radical (unpaired) electrons. The van der Waals surface area contributed by atoms with Crippen LogP contribution in [0.5, 0.6) is 0 Å². The molecule has 0 aliphatic rings. The van der Waals surface area contributed by atoms with Gasteiger partial charge in [-0.2, -0.15) is 4.72 Å². The van der Waals surface area contributed by atoms with Crippen LogP contribution in [0, 0.1) is 5.92 Å². The predicted octanol–water partition coefficient (Wildman–Crippen LogP) is 2.74. The second-order valence-corrected chi connectivity index (χ2v) is 8.17. The van der Waals surface area contributed by atoms with Crippen LogP contribution in [0.3, 0.4) is 0 Å². The molecule has 0 bridgehead atoms. The lowest BCUT2D eigenvalue weighted by molar-refractivity contribution is -0.118. The van der Waals surface area contributed by atoms with Crippen LogP contribution in [0.1, 0.15) is 13.8 Å². The molecule has 2 rings (SSSR count). The van der Waals surface area contributed by atoms with Crippen molar-refractivity contribution < 1.29 is 13.2 Å². The van der Waals surface area contributed by atoms with Crippen LogP contribution in [-0.2, 0) is 14.8 Å². The summed E-state index contributed by atoms with van der Waals surface area (Å²) in [6.45, 7) is 3.52. The number of halogens is 1. The number of carbonyl (C=O) groups excluding carboxylic acids is 1. The van der Waals surface area contributed by atoms with Crippen LogP contribution >= 0.6 is 22.9 Å². The first-order chi connectivity index (χ1) is 10.8. The van der Waals surface area contributed by atoms with Crippen LogP contribution in [0.25, 0.3) is 0 Å². The molecule has 23 heavy (non-hydrogen) atoms. The normalized spacial score (nSPS) is 13.0. The van der Waals surface area contributed by atoms with E-state index in [1.807, 2.05) is 0 Å². The number of aromatic nitrogens is 1. The van der Waals surface area contributed by atoms with Crippen LogP contribution < -0.4 is 10.0 Å². The summed E-state index contributed by atoms with van der Waals surface area (Å²) in [7, 11) is -3.83. The highest BCUT2D eigenvalue weighted by Crippen LogP contribution is 2.17. The van der Waals surface area contributed by atoms with E-state index in [9.17, 15) is 13.2 Å². The van der Waals surface area contributed by atoms with Gasteiger partial charge in [0.05, 0.1) is 4.90 Å². The first-order valence-corrected chi connectivity index (χ1v) is 9.52. The van der Waals surface area contributed by atoms with Crippen LogP contribution in [0.2, 0.25) is 5.02 Å². The Balaban J connectivity index is 2.18. The summed E-state index contributed by atoms with van der Waals surface area (Å²) in [5.74, 6) is -0.690. The Hall–Kier alpha value is -1.48. The third kappa shape index (κ3) is 4.74. The number of thiazole rings is 1. The van der Waals surface area contributed by atoms with E-state index in [0.29, 0.717) is 10.2 Å². The van der Waals surface area contributed by atoms with Gasteiger partial charge >= 0.3 is 0 Å². The van der Waals surface area contributed by atoms with Gasteiger partial charge in [-0.25, -0.2) is 13.4 Å². The fourth-order valence-corrected chi connectivity index (χ4v) is 3.81. The summed E-state index contributed by atoms with van der Waals surface area (Å²) in [5.41, 5.74) is 0. The number of sulfonamides is 1. The van der Waals surface area contributed by atoms with Gasteiger partial charge < -0.3 is 5.32 Å². The van der Waals surface area contributed by atoms with Crippen molar-refractivity contribution in [3.8, 4) is 0 Å². The number of amides is 1. The van der Waals surface area contributed by atoms with Gasteiger partial charge in [0.25, 0.3) is 0 Å². The Bertz CT molecular complexity index is 759. The van der Waals surface area contributed by atoms with E-state index in [2.05, 4.69) is 15.0 Å². The maximum atomic E-state index is 12.4. The van der Waals surface area contributed by atoms with Crippen molar-refractivity contribution in [1.82, 2.24) is 9.71 Å². The molecule has 1 aromatic heterocycles. The minimum Gasteiger partial charge on any atom is -0.301 e. The van der Waals surface area contributed by atoms with Gasteiger partial charge in [0.1, 0.15) is 6.04 Å². The molecule has 9 heteroatoms. The number of carbonyl (C=O) groups is 1. The molecule has 6 nitrogen and oxygen atoms in total. The van der Waals surface area contributed by atoms with Gasteiger partial charge in [0.15, 0.2) is 5.13 Å². The third-order valence-electron chi connectivity index (χ3n) is 3.02. The Morgan fingerprint density at radius 1 is 1.26 bits per heavy atom. The summed E-state index contributed by atoms with van der Waals surface area (Å²) in [6, 6.07) is 4.83. The first-order valence-electron chi connectivity index (χ1n) is 6.78. The molecule has 1 amide bonds. The van der Waals surface area contributed by atoms with E-state index in [0.717, 1.165) is 0 Å². The molecule has 124 valence electrons.